The molecule has 0 radical (unpaired) electrons. The minimum atomic E-state index is -0.680. The first-order chi connectivity index (χ1) is 14.0. The molecule has 2 aliphatic heterocycles. The number of ketones is 1. The molecule has 1 aromatic carbocycles. The maximum absolute atomic E-state index is 13.1. The van der Waals surface area contributed by atoms with Gasteiger partial charge in [0.1, 0.15) is 5.76 Å². The second-order valence-electron chi connectivity index (χ2n) is 7.50. The lowest BCUT2D eigenvalue weighted by atomic mass is 9.95. The third-order valence-electron chi connectivity index (χ3n) is 5.55. The normalized spacial score (nSPS) is 20.1. The molecule has 6 nitrogen and oxygen atoms in total. The van der Waals surface area contributed by atoms with E-state index in [2.05, 4.69) is 4.90 Å². The van der Waals surface area contributed by atoms with Gasteiger partial charge in [0.15, 0.2) is 11.5 Å². The van der Waals surface area contributed by atoms with E-state index in [1.54, 1.807) is 48.2 Å². The summed E-state index contributed by atoms with van der Waals surface area (Å²) in [7, 11) is 0. The predicted molar refractivity (Wildman–Crippen MR) is 109 cm³/mol. The molecule has 4 rings (SSSR count). The van der Waals surface area contributed by atoms with Crippen molar-refractivity contribution in [1.29, 1.82) is 0 Å². The first kappa shape index (κ1) is 19.7. The fraction of sp³-hybridized carbons (Fsp3) is 0.364. The summed E-state index contributed by atoms with van der Waals surface area (Å²) in [5.74, 6) is -0.822. The Morgan fingerprint density at radius 2 is 1.83 bits per heavy atom. The van der Waals surface area contributed by atoms with Gasteiger partial charge in [-0.2, -0.15) is 0 Å². The molecule has 3 heterocycles. The Hall–Kier alpha value is -2.57. The molecule has 7 heteroatoms. The van der Waals surface area contributed by atoms with Gasteiger partial charge in [-0.05, 0) is 62.7 Å². The lowest BCUT2D eigenvalue weighted by molar-refractivity contribution is -0.129. The number of rotatable bonds is 6. The predicted octanol–water partition coefficient (Wildman–Crippen LogP) is 3.92. The van der Waals surface area contributed by atoms with Crippen LogP contribution >= 0.6 is 11.6 Å². The number of carbonyl (C=O) groups excluding carboxylic acids is 2. The Bertz CT molecular complexity index is 957. The molecule has 29 heavy (non-hydrogen) atoms. The summed E-state index contributed by atoms with van der Waals surface area (Å²) in [5.41, 5.74) is 0.771. The van der Waals surface area contributed by atoms with E-state index in [0.29, 0.717) is 23.9 Å². The maximum atomic E-state index is 13.1. The van der Waals surface area contributed by atoms with Crippen LogP contribution in [0.2, 0.25) is 5.02 Å². The molecule has 1 amide bonds. The third kappa shape index (κ3) is 3.82. The van der Waals surface area contributed by atoms with Gasteiger partial charge in [-0.3, -0.25) is 9.59 Å². The monoisotopic (exact) mass is 414 g/mol. The van der Waals surface area contributed by atoms with E-state index in [0.717, 1.165) is 31.5 Å². The first-order valence-corrected chi connectivity index (χ1v) is 10.2. The van der Waals surface area contributed by atoms with E-state index >= 15 is 0 Å². The molecule has 0 spiro atoms. The highest BCUT2D eigenvalue weighted by Gasteiger charge is 2.44. The highest BCUT2D eigenvalue weighted by atomic mass is 35.5. The number of hydrogen-bond donors (Lipinski definition) is 1. The SMILES string of the molecule is Cc1ccc(C(=O)C2=C(O)C(=O)N(CCN3CCCC3)C2c2ccc(Cl)cc2)o1. The van der Waals surface area contributed by atoms with Gasteiger partial charge in [0, 0.05) is 18.1 Å². The number of carbonyl (C=O) groups is 2. The van der Waals surface area contributed by atoms with Crippen molar-refractivity contribution in [3.8, 4) is 0 Å². The maximum Gasteiger partial charge on any atom is 0.290 e. The highest BCUT2D eigenvalue weighted by molar-refractivity contribution is 6.30. The molecule has 1 fully saturated rings. The molecule has 1 N–H and O–H groups in total. The largest absolute Gasteiger partial charge is 0.503 e. The number of furan rings is 1. The fourth-order valence-corrected chi connectivity index (χ4v) is 4.18. The van der Waals surface area contributed by atoms with Gasteiger partial charge in [0.2, 0.25) is 5.78 Å². The van der Waals surface area contributed by atoms with Crippen LogP contribution in [0.25, 0.3) is 0 Å². The standard InChI is InChI=1S/C22H23ClN2O4/c1-14-4-9-17(29-14)20(26)18-19(15-5-7-16(23)8-6-15)25(22(28)21(18)27)13-12-24-10-2-3-11-24/h4-9,19,27H,2-3,10-13H2,1H3. The van der Waals surface area contributed by atoms with Crippen molar-refractivity contribution >= 4 is 23.3 Å². The van der Waals surface area contributed by atoms with Gasteiger partial charge in [0.05, 0.1) is 11.6 Å². The minimum absolute atomic E-state index is 0.0492. The minimum Gasteiger partial charge on any atom is -0.503 e. The summed E-state index contributed by atoms with van der Waals surface area (Å²) in [6.07, 6.45) is 2.30. The summed E-state index contributed by atoms with van der Waals surface area (Å²) in [6, 6.07) is 9.56. The molecule has 1 aromatic heterocycles. The van der Waals surface area contributed by atoms with Crippen LogP contribution in [0.1, 0.15) is 40.8 Å². The Morgan fingerprint density at radius 3 is 2.45 bits per heavy atom. The lowest BCUT2D eigenvalue weighted by Gasteiger charge is -2.28. The van der Waals surface area contributed by atoms with E-state index in [-0.39, 0.29) is 11.3 Å². The van der Waals surface area contributed by atoms with Crippen molar-refractivity contribution in [2.75, 3.05) is 26.2 Å². The van der Waals surface area contributed by atoms with Crippen LogP contribution in [0.15, 0.2) is 52.1 Å². The zero-order valence-corrected chi connectivity index (χ0v) is 17.0. The quantitative estimate of drug-likeness (QED) is 0.725. The summed E-state index contributed by atoms with van der Waals surface area (Å²) < 4.78 is 5.47. The molecular formula is C22H23ClN2O4. The van der Waals surface area contributed by atoms with E-state index in [4.69, 9.17) is 16.0 Å². The average Bonchev–Trinajstić information content (AvgIpc) is 3.43. The molecule has 0 bridgehead atoms. The van der Waals surface area contributed by atoms with E-state index in [9.17, 15) is 14.7 Å². The highest BCUT2D eigenvalue weighted by Crippen LogP contribution is 2.39. The fourth-order valence-electron chi connectivity index (χ4n) is 4.05. The number of benzene rings is 1. The molecular weight excluding hydrogens is 392 g/mol. The summed E-state index contributed by atoms with van der Waals surface area (Å²) in [6.45, 7) is 4.87. The molecule has 152 valence electrons. The average molecular weight is 415 g/mol. The zero-order chi connectivity index (χ0) is 20.5. The van der Waals surface area contributed by atoms with E-state index < -0.39 is 23.5 Å². The van der Waals surface area contributed by atoms with Crippen LogP contribution in [0.4, 0.5) is 0 Å². The number of likely N-dealkylation sites (tertiary alicyclic amines) is 1. The van der Waals surface area contributed by atoms with Crippen LogP contribution in [-0.4, -0.2) is 52.8 Å². The van der Waals surface area contributed by atoms with Crippen LogP contribution in [0, 0.1) is 6.92 Å². The molecule has 0 aliphatic carbocycles. The van der Waals surface area contributed by atoms with Crippen molar-refractivity contribution in [3.63, 3.8) is 0 Å². The van der Waals surface area contributed by atoms with Gasteiger partial charge in [-0.25, -0.2) is 0 Å². The molecule has 2 aliphatic rings. The van der Waals surface area contributed by atoms with Crippen LogP contribution < -0.4 is 0 Å². The number of nitrogens with zero attached hydrogens (tertiary/aromatic N) is 2. The van der Waals surface area contributed by atoms with Crippen LogP contribution in [-0.2, 0) is 4.79 Å². The topological polar surface area (TPSA) is 74.0 Å². The second kappa shape index (κ2) is 8.05. The Kier molecular flexibility index (Phi) is 5.48. The number of aliphatic hydroxyl groups is 1. The van der Waals surface area contributed by atoms with Crippen molar-refractivity contribution in [2.45, 2.75) is 25.8 Å². The first-order valence-electron chi connectivity index (χ1n) is 9.79. The molecule has 1 saturated heterocycles. The molecule has 1 atom stereocenters. The van der Waals surface area contributed by atoms with Gasteiger partial charge in [0.25, 0.3) is 5.91 Å². The smallest absolute Gasteiger partial charge is 0.290 e. The van der Waals surface area contributed by atoms with Gasteiger partial charge < -0.3 is 19.3 Å². The van der Waals surface area contributed by atoms with Crippen LogP contribution in [0.5, 0.6) is 0 Å². The number of amides is 1. The summed E-state index contributed by atoms with van der Waals surface area (Å²) >= 11 is 6.03. The number of aliphatic hydroxyl groups excluding tert-OH is 1. The number of aryl methyl sites for hydroxylation is 1. The molecule has 0 saturated carbocycles. The lowest BCUT2D eigenvalue weighted by Crippen LogP contribution is -2.37. The third-order valence-corrected chi connectivity index (χ3v) is 5.81. The van der Waals surface area contributed by atoms with Crippen molar-refractivity contribution < 1.29 is 19.1 Å². The number of hydrogen-bond acceptors (Lipinski definition) is 5. The van der Waals surface area contributed by atoms with Gasteiger partial charge in [-0.1, -0.05) is 23.7 Å². The van der Waals surface area contributed by atoms with Crippen molar-refractivity contribution in [3.05, 3.63) is 69.8 Å². The Balaban J connectivity index is 1.69. The van der Waals surface area contributed by atoms with E-state index in [1.807, 2.05) is 0 Å². The van der Waals surface area contributed by atoms with E-state index in [1.165, 1.54) is 0 Å². The summed E-state index contributed by atoms with van der Waals surface area (Å²) in [4.78, 5) is 29.9. The zero-order valence-electron chi connectivity index (χ0n) is 16.2. The van der Waals surface area contributed by atoms with Crippen molar-refractivity contribution in [1.82, 2.24) is 9.80 Å². The molecule has 2 aromatic rings. The van der Waals surface area contributed by atoms with Gasteiger partial charge >= 0.3 is 0 Å². The van der Waals surface area contributed by atoms with Crippen LogP contribution in [0.3, 0.4) is 0 Å². The molecule has 1 unspecified atom stereocenters. The Morgan fingerprint density at radius 1 is 1.14 bits per heavy atom. The second-order valence-corrected chi connectivity index (χ2v) is 7.94. The van der Waals surface area contributed by atoms with Gasteiger partial charge in [-0.15, -0.1) is 0 Å². The Labute approximate surface area is 174 Å². The van der Waals surface area contributed by atoms with Crippen molar-refractivity contribution in [2.24, 2.45) is 0 Å². The number of halogens is 1. The summed E-state index contributed by atoms with van der Waals surface area (Å²) in [5, 5.41) is 11.2. The number of Topliss-reactive ketones (excluding diaryl/α,β-unsaturated/α-hetero) is 1.